The molecule has 6 aromatic rings. The smallest absolute Gasteiger partial charge is 0.272 e. The molecule has 0 spiro atoms. The molecule has 0 aliphatic rings. The van der Waals surface area contributed by atoms with Crippen molar-refractivity contribution in [2.75, 3.05) is 17.2 Å². The first-order chi connectivity index (χ1) is 24.3. The van der Waals surface area contributed by atoms with E-state index < -0.39 is 17.1 Å². The number of carbonyl (C=O) groups is 3. The molecule has 0 radical (unpaired) electrons. The van der Waals surface area contributed by atoms with Crippen LogP contribution in [0.2, 0.25) is 0 Å². The lowest BCUT2D eigenvalue weighted by atomic mass is 10.1. The second-order valence-electron chi connectivity index (χ2n) is 11.2. The number of rotatable bonds is 12. The van der Waals surface area contributed by atoms with Gasteiger partial charge in [0.25, 0.3) is 11.8 Å². The third kappa shape index (κ3) is 8.66. The van der Waals surface area contributed by atoms with E-state index in [0.29, 0.717) is 40.7 Å². The Balaban J connectivity index is 1.07. The largest absolute Gasteiger partial charge is 0.494 e. The van der Waals surface area contributed by atoms with Gasteiger partial charge in [-0.05, 0) is 110 Å². The lowest BCUT2D eigenvalue weighted by Crippen LogP contribution is -2.30. The number of aromatic nitrogens is 1. The minimum Gasteiger partial charge on any atom is -0.494 e. The van der Waals surface area contributed by atoms with E-state index in [9.17, 15) is 14.4 Å². The van der Waals surface area contributed by atoms with Crippen molar-refractivity contribution in [3.8, 4) is 17.2 Å². The van der Waals surface area contributed by atoms with Gasteiger partial charge in [-0.1, -0.05) is 42.5 Å². The summed E-state index contributed by atoms with van der Waals surface area (Å²) in [5.74, 6) is 0.180. The van der Waals surface area contributed by atoms with Crippen LogP contribution < -0.4 is 20.7 Å². The second-order valence-corrected chi connectivity index (χ2v) is 12.6. The zero-order chi connectivity index (χ0) is 34.9. The van der Waals surface area contributed by atoms with Crippen LogP contribution in [0.4, 0.5) is 11.4 Å². The van der Waals surface area contributed by atoms with Crippen LogP contribution >= 0.6 is 11.8 Å². The summed E-state index contributed by atoms with van der Waals surface area (Å²) >= 11 is 1.39. The van der Waals surface area contributed by atoms with Gasteiger partial charge in [0, 0.05) is 27.4 Å². The Kier molecular flexibility index (Phi) is 10.7. The third-order valence-electron chi connectivity index (χ3n) is 7.52. The van der Waals surface area contributed by atoms with E-state index >= 15 is 0 Å². The quantitative estimate of drug-likeness (QED) is 0.0875. The highest BCUT2D eigenvalue weighted by atomic mass is 32.2. The molecule has 1 heterocycles. The van der Waals surface area contributed by atoms with Gasteiger partial charge in [-0.2, -0.15) is 0 Å². The first-order valence-corrected chi connectivity index (χ1v) is 16.9. The standard InChI is InChI=1S/C40H34N4O5S/c1-3-48-32-21-13-27(14-22-32)25-35(43-38(46)28-9-5-4-6-10-28)39(47)42-31-19-23-33(24-20-31)50-26(2)37(45)41-30-17-15-29(16-18-30)40-44-34-11-7-8-12-36(34)49-40/h4-26H,3H2,1-2H3,(H,41,45)(H,42,47)(H,43,46)/b35-25-. The Bertz CT molecular complexity index is 2090. The molecule has 0 aliphatic carbocycles. The molecule has 0 saturated heterocycles. The fourth-order valence-corrected chi connectivity index (χ4v) is 5.81. The van der Waals surface area contributed by atoms with Gasteiger partial charge < -0.3 is 25.1 Å². The Morgan fingerprint density at radius 2 is 1.46 bits per heavy atom. The van der Waals surface area contributed by atoms with Gasteiger partial charge >= 0.3 is 0 Å². The highest BCUT2D eigenvalue weighted by molar-refractivity contribution is 8.00. The highest BCUT2D eigenvalue weighted by Crippen LogP contribution is 2.28. The predicted molar refractivity (Wildman–Crippen MR) is 198 cm³/mol. The van der Waals surface area contributed by atoms with E-state index in [4.69, 9.17) is 9.15 Å². The zero-order valence-electron chi connectivity index (χ0n) is 27.4. The van der Waals surface area contributed by atoms with Crippen LogP contribution in [-0.2, 0) is 9.59 Å². The summed E-state index contributed by atoms with van der Waals surface area (Å²) in [4.78, 5) is 44.8. The van der Waals surface area contributed by atoms with Gasteiger partial charge in [-0.25, -0.2) is 4.98 Å². The predicted octanol–water partition coefficient (Wildman–Crippen LogP) is 8.42. The number of anilines is 2. The molecule has 1 atom stereocenters. The minimum absolute atomic E-state index is 0.0774. The van der Waals surface area contributed by atoms with E-state index in [-0.39, 0.29) is 11.6 Å². The Morgan fingerprint density at radius 1 is 0.800 bits per heavy atom. The number of benzene rings is 5. The van der Waals surface area contributed by atoms with Crippen LogP contribution in [0.25, 0.3) is 28.6 Å². The summed E-state index contributed by atoms with van der Waals surface area (Å²) in [6.45, 7) is 4.27. The van der Waals surface area contributed by atoms with Gasteiger partial charge in [-0.15, -0.1) is 11.8 Å². The summed E-state index contributed by atoms with van der Waals surface area (Å²) in [5.41, 5.74) is 4.72. The van der Waals surface area contributed by atoms with Crippen molar-refractivity contribution < 1.29 is 23.5 Å². The van der Waals surface area contributed by atoms with Crippen LogP contribution in [-0.4, -0.2) is 34.6 Å². The van der Waals surface area contributed by atoms with Crippen molar-refractivity contribution in [2.24, 2.45) is 0 Å². The molecule has 250 valence electrons. The van der Waals surface area contributed by atoms with E-state index in [1.54, 1.807) is 54.6 Å². The molecule has 9 nitrogen and oxygen atoms in total. The van der Waals surface area contributed by atoms with Gasteiger partial charge in [0.15, 0.2) is 5.58 Å². The van der Waals surface area contributed by atoms with Crippen molar-refractivity contribution >= 4 is 58.0 Å². The molecule has 1 aromatic heterocycles. The number of nitrogens with one attached hydrogen (secondary N) is 3. The van der Waals surface area contributed by atoms with Gasteiger partial charge in [-0.3, -0.25) is 14.4 Å². The van der Waals surface area contributed by atoms with Gasteiger partial charge in [0.2, 0.25) is 11.8 Å². The number of hydrogen-bond donors (Lipinski definition) is 3. The van der Waals surface area contributed by atoms with E-state index in [1.165, 1.54) is 11.8 Å². The fourth-order valence-electron chi connectivity index (χ4n) is 4.94. The Labute approximate surface area is 293 Å². The Hall–Kier alpha value is -6.13. The third-order valence-corrected chi connectivity index (χ3v) is 8.63. The molecule has 0 fully saturated rings. The van der Waals surface area contributed by atoms with E-state index in [2.05, 4.69) is 20.9 Å². The van der Waals surface area contributed by atoms with Crippen LogP contribution in [0.15, 0.2) is 142 Å². The number of carbonyl (C=O) groups excluding carboxylic acids is 3. The SMILES string of the molecule is CCOc1ccc(/C=C(\NC(=O)c2ccccc2)C(=O)Nc2ccc(SC(C)C(=O)Nc3ccc(-c4nc5ccccc5o4)cc3)cc2)cc1. The van der Waals surface area contributed by atoms with E-state index in [0.717, 1.165) is 21.6 Å². The normalized spacial score (nSPS) is 11.8. The number of ether oxygens (including phenoxy) is 1. The average molecular weight is 683 g/mol. The molecule has 50 heavy (non-hydrogen) atoms. The average Bonchev–Trinajstić information content (AvgIpc) is 3.58. The number of oxazole rings is 1. The lowest BCUT2D eigenvalue weighted by Gasteiger charge is -2.14. The molecular weight excluding hydrogens is 649 g/mol. The topological polar surface area (TPSA) is 123 Å². The van der Waals surface area contributed by atoms with Crippen LogP contribution in [0.3, 0.4) is 0 Å². The number of fused-ring (bicyclic) bond motifs is 1. The molecule has 6 rings (SSSR count). The summed E-state index contributed by atoms with van der Waals surface area (Å²) in [6, 6.07) is 38.0. The second kappa shape index (κ2) is 15.8. The molecule has 0 saturated carbocycles. The fraction of sp³-hybridized carbons (Fsp3) is 0.100. The van der Waals surface area contributed by atoms with Crippen molar-refractivity contribution in [2.45, 2.75) is 24.0 Å². The maximum atomic E-state index is 13.4. The first kappa shape index (κ1) is 33.8. The molecule has 5 aromatic carbocycles. The summed E-state index contributed by atoms with van der Waals surface area (Å²) < 4.78 is 11.4. The van der Waals surface area contributed by atoms with Crippen molar-refractivity contribution in [3.05, 3.63) is 144 Å². The zero-order valence-corrected chi connectivity index (χ0v) is 28.2. The minimum atomic E-state index is -0.488. The van der Waals surface area contributed by atoms with Crippen LogP contribution in [0, 0.1) is 0 Å². The molecule has 0 aliphatic heterocycles. The molecule has 0 bridgehead atoms. The van der Waals surface area contributed by atoms with Crippen molar-refractivity contribution in [3.63, 3.8) is 0 Å². The number of amides is 3. The number of nitrogens with zero attached hydrogens (tertiary/aromatic N) is 1. The van der Waals surface area contributed by atoms with Gasteiger partial charge in [0.1, 0.15) is 17.0 Å². The lowest BCUT2D eigenvalue weighted by molar-refractivity contribution is -0.115. The molecule has 3 amide bonds. The number of para-hydroxylation sites is 2. The number of hydrogen-bond acceptors (Lipinski definition) is 7. The van der Waals surface area contributed by atoms with Crippen molar-refractivity contribution in [1.29, 1.82) is 0 Å². The maximum Gasteiger partial charge on any atom is 0.272 e. The van der Waals surface area contributed by atoms with Crippen LogP contribution in [0.5, 0.6) is 5.75 Å². The Morgan fingerprint density at radius 3 is 2.16 bits per heavy atom. The molecule has 1 unspecified atom stereocenters. The van der Waals surface area contributed by atoms with Gasteiger partial charge in [0.05, 0.1) is 11.9 Å². The maximum absolute atomic E-state index is 13.4. The van der Waals surface area contributed by atoms with Crippen molar-refractivity contribution in [1.82, 2.24) is 10.3 Å². The summed E-state index contributed by atoms with van der Waals surface area (Å²) in [5, 5.41) is 8.17. The monoisotopic (exact) mass is 682 g/mol. The van der Waals surface area contributed by atoms with E-state index in [1.807, 2.05) is 92.7 Å². The molecule has 10 heteroatoms. The van der Waals surface area contributed by atoms with Crippen LogP contribution in [0.1, 0.15) is 29.8 Å². The molecular formula is C40H34N4O5S. The number of thioether (sulfide) groups is 1. The summed E-state index contributed by atoms with van der Waals surface area (Å²) in [6.07, 6.45) is 1.61. The summed E-state index contributed by atoms with van der Waals surface area (Å²) in [7, 11) is 0. The highest BCUT2D eigenvalue weighted by Gasteiger charge is 2.17. The first-order valence-electron chi connectivity index (χ1n) is 16.0. The molecule has 3 N–H and O–H groups in total.